The number of halogens is 1. The lowest BCUT2D eigenvalue weighted by Gasteiger charge is -2.32. The molecular formula is C23H26FN3O5S. The van der Waals surface area contributed by atoms with Gasteiger partial charge in [0, 0.05) is 12.6 Å². The van der Waals surface area contributed by atoms with Gasteiger partial charge in [0.25, 0.3) is 15.9 Å². The molecule has 0 saturated carbocycles. The quantitative estimate of drug-likeness (QED) is 0.631. The number of benzene rings is 2. The molecule has 1 aliphatic rings. The number of fused-ring (bicyclic) bond motifs is 1. The van der Waals surface area contributed by atoms with Crippen molar-refractivity contribution in [2.24, 2.45) is 0 Å². The van der Waals surface area contributed by atoms with Crippen molar-refractivity contribution in [3.8, 4) is 0 Å². The van der Waals surface area contributed by atoms with Gasteiger partial charge in [0.1, 0.15) is 23.3 Å². The maximum atomic E-state index is 13.4. The van der Waals surface area contributed by atoms with Crippen LogP contribution in [-0.4, -0.2) is 54.0 Å². The van der Waals surface area contributed by atoms with E-state index < -0.39 is 46.1 Å². The summed E-state index contributed by atoms with van der Waals surface area (Å²) in [7, 11) is -4.19. The zero-order chi connectivity index (χ0) is 24.3. The summed E-state index contributed by atoms with van der Waals surface area (Å²) in [5, 5.41) is 2.77. The van der Waals surface area contributed by atoms with Crippen LogP contribution >= 0.6 is 0 Å². The minimum absolute atomic E-state index is 0.0000214. The normalized spacial score (nSPS) is 15.3. The van der Waals surface area contributed by atoms with Crippen molar-refractivity contribution in [2.45, 2.75) is 50.7 Å². The lowest BCUT2D eigenvalue weighted by Crippen LogP contribution is -2.53. The molecule has 3 rings (SSSR count). The van der Waals surface area contributed by atoms with Crippen LogP contribution in [0.3, 0.4) is 0 Å². The van der Waals surface area contributed by atoms with E-state index in [4.69, 9.17) is 0 Å². The molecule has 1 aliphatic heterocycles. The number of hydrogen-bond donors (Lipinski definition) is 1. The van der Waals surface area contributed by atoms with Crippen LogP contribution in [0.1, 0.15) is 43.1 Å². The molecule has 0 aromatic heterocycles. The fourth-order valence-electron chi connectivity index (χ4n) is 3.69. The van der Waals surface area contributed by atoms with E-state index in [1.165, 1.54) is 47.4 Å². The van der Waals surface area contributed by atoms with E-state index in [0.29, 0.717) is 9.87 Å². The first-order chi connectivity index (χ1) is 15.6. The first-order valence-corrected chi connectivity index (χ1v) is 12.0. The van der Waals surface area contributed by atoms with Gasteiger partial charge in [-0.25, -0.2) is 17.1 Å². The van der Waals surface area contributed by atoms with Crippen LogP contribution in [0, 0.1) is 5.82 Å². The van der Waals surface area contributed by atoms with E-state index in [9.17, 15) is 27.2 Å². The number of carbonyl (C=O) groups excluding carboxylic acids is 3. The molecule has 0 unspecified atom stereocenters. The first-order valence-electron chi connectivity index (χ1n) is 10.6. The molecule has 2 aromatic rings. The molecular weight excluding hydrogens is 449 g/mol. The lowest BCUT2D eigenvalue weighted by atomic mass is 10.1. The van der Waals surface area contributed by atoms with Crippen molar-refractivity contribution in [3.05, 3.63) is 65.5 Å². The monoisotopic (exact) mass is 475 g/mol. The summed E-state index contributed by atoms with van der Waals surface area (Å²) < 4.78 is 39.6. The van der Waals surface area contributed by atoms with Crippen molar-refractivity contribution < 1.29 is 27.2 Å². The minimum Gasteiger partial charge on any atom is -0.352 e. The van der Waals surface area contributed by atoms with E-state index in [1.54, 1.807) is 26.8 Å². The van der Waals surface area contributed by atoms with Crippen LogP contribution in [0.4, 0.5) is 4.39 Å². The summed E-state index contributed by atoms with van der Waals surface area (Å²) >= 11 is 0. The Kier molecular flexibility index (Phi) is 7.16. The second-order valence-electron chi connectivity index (χ2n) is 8.05. The van der Waals surface area contributed by atoms with Crippen molar-refractivity contribution >= 4 is 27.7 Å². The Hall–Kier alpha value is -3.27. The van der Waals surface area contributed by atoms with Gasteiger partial charge in [-0.15, -0.1) is 0 Å². The maximum Gasteiger partial charge on any atom is 0.269 e. The van der Waals surface area contributed by atoms with Crippen LogP contribution in [0.25, 0.3) is 0 Å². The van der Waals surface area contributed by atoms with E-state index >= 15 is 0 Å². The molecule has 8 nitrogen and oxygen atoms in total. The predicted molar refractivity (Wildman–Crippen MR) is 119 cm³/mol. The van der Waals surface area contributed by atoms with Gasteiger partial charge in [-0.05, 0) is 50.1 Å². The Morgan fingerprint density at radius 1 is 1.09 bits per heavy atom. The molecule has 33 heavy (non-hydrogen) atoms. The highest BCUT2D eigenvalue weighted by Gasteiger charge is 2.43. The zero-order valence-corrected chi connectivity index (χ0v) is 19.4. The van der Waals surface area contributed by atoms with Gasteiger partial charge >= 0.3 is 0 Å². The average Bonchev–Trinajstić information content (AvgIpc) is 2.95. The Balaban J connectivity index is 1.92. The van der Waals surface area contributed by atoms with Gasteiger partial charge < -0.3 is 10.2 Å². The van der Waals surface area contributed by atoms with Crippen molar-refractivity contribution in [1.29, 1.82) is 0 Å². The number of rotatable bonds is 8. The lowest BCUT2D eigenvalue weighted by molar-refractivity contribution is -0.141. The number of amides is 3. The summed E-state index contributed by atoms with van der Waals surface area (Å²) in [6.45, 7) is 4.48. The number of nitrogens with one attached hydrogen (secondary N) is 1. The third-order valence-electron chi connectivity index (χ3n) is 5.27. The van der Waals surface area contributed by atoms with E-state index in [-0.39, 0.29) is 29.5 Å². The van der Waals surface area contributed by atoms with E-state index in [2.05, 4.69) is 5.32 Å². The van der Waals surface area contributed by atoms with Gasteiger partial charge in [0.15, 0.2) is 0 Å². The summed E-state index contributed by atoms with van der Waals surface area (Å²) in [6, 6.07) is 10.1. The maximum absolute atomic E-state index is 13.4. The van der Waals surface area contributed by atoms with Crippen molar-refractivity contribution in [3.63, 3.8) is 0 Å². The minimum atomic E-state index is -4.19. The van der Waals surface area contributed by atoms with Gasteiger partial charge in [-0.3, -0.25) is 14.4 Å². The zero-order valence-electron chi connectivity index (χ0n) is 18.6. The van der Waals surface area contributed by atoms with Gasteiger partial charge in [0.05, 0.1) is 5.56 Å². The highest BCUT2D eigenvalue weighted by molar-refractivity contribution is 7.90. The second-order valence-corrected chi connectivity index (χ2v) is 9.88. The molecule has 0 fully saturated rings. The SMILES string of the molecule is CC[C@@H](C(=O)NC(C)C)N(Cc1ccc(F)cc1)C(=O)CN1C(=O)c2ccccc2S1(=O)=O. The van der Waals surface area contributed by atoms with Gasteiger partial charge in [-0.2, -0.15) is 0 Å². The summed E-state index contributed by atoms with van der Waals surface area (Å²) in [4.78, 5) is 40.0. The standard InChI is InChI=1S/C23H26FN3O5S/c1-4-19(22(29)25-15(2)3)26(13-16-9-11-17(24)12-10-16)21(28)14-27-23(30)18-7-5-6-8-20(18)33(27,31)32/h5-12,15,19H,4,13-14H2,1-3H3,(H,25,29)/t19-/m0/s1. The van der Waals surface area contributed by atoms with Gasteiger partial charge in [-0.1, -0.05) is 31.2 Å². The number of hydrogen-bond acceptors (Lipinski definition) is 5. The Morgan fingerprint density at radius 3 is 2.30 bits per heavy atom. The summed E-state index contributed by atoms with van der Waals surface area (Å²) in [5.41, 5.74) is 0.555. The van der Waals surface area contributed by atoms with Crippen LogP contribution in [0.2, 0.25) is 0 Å². The Bertz CT molecular complexity index is 1160. The topological polar surface area (TPSA) is 104 Å². The van der Waals surface area contributed by atoms with Crippen LogP contribution < -0.4 is 5.32 Å². The number of carbonyl (C=O) groups is 3. The number of sulfonamides is 1. The fraction of sp³-hybridized carbons (Fsp3) is 0.348. The average molecular weight is 476 g/mol. The summed E-state index contributed by atoms with van der Waals surface area (Å²) in [5.74, 6) is -2.36. The smallest absolute Gasteiger partial charge is 0.269 e. The Morgan fingerprint density at radius 2 is 1.73 bits per heavy atom. The Labute approximate surface area is 192 Å². The molecule has 2 aromatic carbocycles. The van der Waals surface area contributed by atoms with E-state index in [0.717, 1.165) is 0 Å². The highest BCUT2D eigenvalue weighted by Crippen LogP contribution is 2.30. The van der Waals surface area contributed by atoms with Crippen LogP contribution in [0.15, 0.2) is 53.4 Å². The molecule has 1 heterocycles. The molecule has 0 bridgehead atoms. The fourth-order valence-corrected chi connectivity index (χ4v) is 5.21. The second kappa shape index (κ2) is 9.70. The van der Waals surface area contributed by atoms with Crippen molar-refractivity contribution in [1.82, 2.24) is 14.5 Å². The molecule has 0 aliphatic carbocycles. The van der Waals surface area contributed by atoms with Crippen LogP contribution in [-0.2, 0) is 26.2 Å². The first kappa shape index (κ1) is 24.4. The highest BCUT2D eigenvalue weighted by atomic mass is 32.2. The molecule has 3 amide bonds. The number of nitrogens with zero attached hydrogens (tertiary/aromatic N) is 2. The van der Waals surface area contributed by atoms with Crippen molar-refractivity contribution in [2.75, 3.05) is 6.54 Å². The molecule has 0 spiro atoms. The molecule has 1 N–H and O–H groups in total. The van der Waals surface area contributed by atoms with Gasteiger partial charge in [0.2, 0.25) is 11.8 Å². The summed E-state index contributed by atoms with van der Waals surface area (Å²) in [6.07, 6.45) is 0.256. The molecule has 0 saturated heterocycles. The molecule has 1 atom stereocenters. The third-order valence-corrected chi connectivity index (χ3v) is 7.06. The molecule has 176 valence electrons. The van der Waals surface area contributed by atoms with Crippen LogP contribution in [0.5, 0.6) is 0 Å². The largest absolute Gasteiger partial charge is 0.352 e. The third kappa shape index (κ3) is 5.05. The molecule has 0 radical (unpaired) electrons. The molecule has 10 heteroatoms. The van der Waals surface area contributed by atoms with E-state index in [1.807, 2.05) is 0 Å². The predicted octanol–water partition coefficient (Wildman–Crippen LogP) is 2.30.